The van der Waals surface area contributed by atoms with Gasteiger partial charge in [0.15, 0.2) is 0 Å². The minimum atomic E-state index is 0.407. The van der Waals surface area contributed by atoms with Crippen LogP contribution in [-0.4, -0.2) is 6.04 Å². The second-order valence-electron chi connectivity index (χ2n) is 3.62. The highest BCUT2D eigenvalue weighted by Crippen LogP contribution is 2.19. The first-order valence-corrected chi connectivity index (χ1v) is 4.84. The van der Waals surface area contributed by atoms with Crippen molar-refractivity contribution in [2.45, 2.75) is 25.4 Å². The molecule has 0 aliphatic carbocycles. The number of hydrogen-bond donors (Lipinski definition) is 1. The molecule has 1 aliphatic heterocycles. The molecule has 0 aromatic heterocycles. The van der Waals surface area contributed by atoms with Crippen LogP contribution >= 0.6 is 0 Å². The number of nitrogens with one attached hydrogen (secondary N) is 1. The molecule has 0 amide bonds. The summed E-state index contributed by atoms with van der Waals surface area (Å²) in [6.45, 7) is 2.22. The maximum atomic E-state index is 3.55. The standard InChI is InChI=1S/C12H15N/c1-10-6-5-9-12(13-10)11-7-3-2-4-8-11/h2-5,7-10,12-13H,6H2,1H3/t10-,12-/m1/s1. The van der Waals surface area contributed by atoms with Crippen LogP contribution < -0.4 is 5.32 Å². The Labute approximate surface area is 79.5 Å². The number of hydrogen-bond acceptors (Lipinski definition) is 1. The van der Waals surface area contributed by atoms with E-state index >= 15 is 0 Å². The van der Waals surface area contributed by atoms with Crippen molar-refractivity contribution in [1.29, 1.82) is 0 Å². The fourth-order valence-electron chi connectivity index (χ4n) is 1.72. The highest BCUT2D eigenvalue weighted by atomic mass is 14.9. The summed E-state index contributed by atoms with van der Waals surface area (Å²) in [5.74, 6) is 0. The Hall–Kier alpha value is -1.08. The van der Waals surface area contributed by atoms with E-state index in [2.05, 4.69) is 54.7 Å². The second kappa shape index (κ2) is 3.75. The Morgan fingerprint density at radius 1 is 1.23 bits per heavy atom. The van der Waals surface area contributed by atoms with Crippen molar-refractivity contribution < 1.29 is 0 Å². The van der Waals surface area contributed by atoms with Gasteiger partial charge in [-0.3, -0.25) is 0 Å². The molecule has 1 aliphatic rings. The first-order chi connectivity index (χ1) is 6.36. The molecule has 1 aromatic rings. The van der Waals surface area contributed by atoms with E-state index in [1.165, 1.54) is 5.56 Å². The van der Waals surface area contributed by atoms with Gasteiger partial charge in [0.1, 0.15) is 0 Å². The lowest BCUT2D eigenvalue weighted by Crippen LogP contribution is -2.31. The molecular weight excluding hydrogens is 158 g/mol. The highest BCUT2D eigenvalue weighted by Gasteiger charge is 2.13. The first kappa shape index (κ1) is 8.52. The summed E-state index contributed by atoms with van der Waals surface area (Å²) < 4.78 is 0. The van der Waals surface area contributed by atoms with Crippen LogP contribution in [0.2, 0.25) is 0 Å². The average Bonchev–Trinajstić information content (AvgIpc) is 2.19. The van der Waals surface area contributed by atoms with E-state index in [-0.39, 0.29) is 0 Å². The van der Waals surface area contributed by atoms with Crippen molar-refractivity contribution in [3.05, 3.63) is 48.0 Å². The van der Waals surface area contributed by atoms with Crippen LogP contribution in [0.1, 0.15) is 24.9 Å². The van der Waals surface area contributed by atoms with Gasteiger partial charge in [0, 0.05) is 6.04 Å². The van der Waals surface area contributed by atoms with E-state index < -0.39 is 0 Å². The van der Waals surface area contributed by atoms with Crippen molar-refractivity contribution in [1.82, 2.24) is 5.32 Å². The van der Waals surface area contributed by atoms with Gasteiger partial charge in [-0.25, -0.2) is 0 Å². The third kappa shape index (κ3) is 1.99. The van der Waals surface area contributed by atoms with Gasteiger partial charge in [-0.15, -0.1) is 0 Å². The predicted octanol–water partition coefficient (Wildman–Crippen LogP) is 2.67. The SMILES string of the molecule is C[C@@H]1CC=C[C@H](c2ccccc2)N1. The zero-order valence-electron chi connectivity index (χ0n) is 7.90. The van der Waals surface area contributed by atoms with Crippen LogP contribution in [0.3, 0.4) is 0 Å². The lowest BCUT2D eigenvalue weighted by molar-refractivity contribution is 0.489. The van der Waals surface area contributed by atoms with Crippen LogP contribution in [0.25, 0.3) is 0 Å². The van der Waals surface area contributed by atoms with E-state index in [4.69, 9.17) is 0 Å². The van der Waals surface area contributed by atoms with Crippen LogP contribution in [0, 0.1) is 0 Å². The van der Waals surface area contributed by atoms with E-state index in [0.717, 1.165) is 6.42 Å². The van der Waals surface area contributed by atoms with Gasteiger partial charge in [-0.05, 0) is 18.9 Å². The lowest BCUT2D eigenvalue weighted by atomic mass is 10.0. The summed E-state index contributed by atoms with van der Waals surface area (Å²) in [6.07, 6.45) is 5.65. The second-order valence-corrected chi connectivity index (χ2v) is 3.62. The molecule has 0 radical (unpaired) electrons. The molecule has 1 N–H and O–H groups in total. The Morgan fingerprint density at radius 3 is 2.69 bits per heavy atom. The average molecular weight is 173 g/mol. The van der Waals surface area contributed by atoms with Gasteiger partial charge in [-0.2, -0.15) is 0 Å². The summed E-state index contributed by atoms with van der Waals surface area (Å²) in [7, 11) is 0. The molecule has 1 nitrogen and oxygen atoms in total. The van der Waals surface area contributed by atoms with Crippen molar-refractivity contribution in [3.8, 4) is 0 Å². The van der Waals surface area contributed by atoms with Crippen LogP contribution in [0.15, 0.2) is 42.5 Å². The normalized spacial score (nSPS) is 27.5. The van der Waals surface area contributed by atoms with E-state index in [1.54, 1.807) is 0 Å². The van der Waals surface area contributed by atoms with Crippen LogP contribution in [0.4, 0.5) is 0 Å². The zero-order valence-corrected chi connectivity index (χ0v) is 7.90. The van der Waals surface area contributed by atoms with E-state index in [0.29, 0.717) is 12.1 Å². The fraction of sp³-hybridized carbons (Fsp3) is 0.333. The van der Waals surface area contributed by atoms with Crippen LogP contribution in [-0.2, 0) is 0 Å². The summed E-state index contributed by atoms with van der Waals surface area (Å²) in [6, 6.07) is 11.6. The van der Waals surface area contributed by atoms with Crippen LogP contribution in [0.5, 0.6) is 0 Å². The summed E-state index contributed by atoms with van der Waals surface area (Å²) in [5.41, 5.74) is 1.35. The van der Waals surface area contributed by atoms with Crippen molar-refractivity contribution >= 4 is 0 Å². The smallest absolute Gasteiger partial charge is 0.0508 e. The number of rotatable bonds is 1. The zero-order chi connectivity index (χ0) is 9.10. The van der Waals surface area contributed by atoms with Crippen molar-refractivity contribution in [2.75, 3.05) is 0 Å². The first-order valence-electron chi connectivity index (χ1n) is 4.84. The van der Waals surface area contributed by atoms with Gasteiger partial charge >= 0.3 is 0 Å². The molecule has 2 rings (SSSR count). The quantitative estimate of drug-likeness (QED) is 0.644. The fourth-order valence-corrected chi connectivity index (χ4v) is 1.72. The third-order valence-corrected chi connectivity index (χ3v) is 2.44. The highest BCUT2D eigenvalue weighted by molar-refractivity contribution is 5.24. The molecule has 0 spiro atoms. The Kier molecular flexibility index (Phi) is 2.46. The van der Waals surface area contributed by atoms with Gasteiger partial charge in [0.2, 0.25) is 0 Å². The molecular formula is C12H15N. The van der Waals surface area contributed by atoms with E-state index in [9.17, 15) is 0 Å². The number of benzene rings is 1. The summed E-state index contributed by atoms with van der Waals surface area (Å²) in [5, 5.41) is 3.55. The maximum absolute atomic E-state index is 3.55. The molecule has 13 heavy (non-hydrogen) atoms. The minimum Gasteiger partial charge on any atom is -0.304 e. The molecule has 68 valence electrons. The topological polar surface area (TPSA) is 12.0 Å². The molecule has 2 atom stereocenters. The van der Waals surface area contributed by atoms with Gasteiger partial charge in [0.05, 0.1) is 6.04 Å². The Morgan fingerprint density at radius 2 is 2.00 bits per heavy atom. The molecule has 0 saturated heterocycles. The third-order valence-electron chi connectivity index (χ3n) is 2.44. The predicted molar refractivity (Wildman–Crippen MR) is 55.5 cm³/mol. The molecule has 0 unspecified atom stereocenters. The van der Waals surface area contributed by atoms with E-state index in [1.807, 2.05) is 0 Å². The summed E-state index contributed by atoms with van der Waals surface area (Å²) in [4.78, 5) is 0. The van der Waals surface area contributed by atoms with Crippen molar-refractivity contribution in [2.24, 2.45) is 0 Å². The van der Waals surface area contributed by atoms with Gasteiger partial charge in [-0.1, -0.05) is 42.5 Å². The summed E-state index contributed by atoms with van der Waals surface area (Å²) >= 11 is 0. The molecule has 1 heteroatoms. The monoisotopic (exact) mass is 173 g/mol. The molecule has 0 bridgehead atoms. The Balaban J connectivity index is 2.18. The largest absolute Gasteiger partial charge is 0.304 e. The lowest BCUT2D eigenvalue weighted by Gasteiger charge is -2.24. The molecule has 0 fully saturated rings. The van der Waals surface area contributed by atoms with Gasteiger partial charge < -0.3 is 5.32 Å². The van der Waals surface area contributed by atoms with Gasteiger partial charge in [0.25, 0.3) is 0 Å². The maximum Gasteiger partial charge on any atom is 0.0508 e. The molecule has 1 heterocycles. The molecule has 1 aromatic carbocycles. The van der Waals surface area contributed by atoms with Crippen molar-refractivity contribution in [3.63, 3.8) is 0 Å². The minimum absolute atomic E-state index is 0.407. The molecule has 0 saturated carbocycles. The Bertz CT molecular complexity index is 289.